The number of aryl methyl sites for hydroxylation is 1. The Bertz CT molecular complexity index is 503. The van der Waals surface area contributed by atoms with Crippen LogP contribution >= 0.6 is 0 Å². The van der Waals surface area contributed by atoms with Crippen LogP contribution in [-0.2, 0) is 0 Å². The summed E-state index contributed by atoms with van der Waals surface area (Å²) in [6.45, 7) is 4.42. The zero-order chi connectivity index (χ0) is 14.4. The summed E-state index contributed by atoms with van der Waals surface area (Å²) in [7, 11) is 0. The van der Waals surface area contributed by atoms with Gasteiger partial charge in [-0.05, 0) is 44.4 Å². The zero-order valence-electron chi connectivity index (χ0n) is 13.2. The number of nitrogens with zero attached hydrogens (tertiary/aromatic N) is 3. The molecule has 3 unspecified atom stereocenters. The maximum absolute atomic E-state index is 6.37. The number of fused-ring (bicyclic) bond motifs is 1. The van der Waals surface area contributed by atoms with Crippen LogP contribution in [0.2, 0.25) is 0 Å². The van der Waals surface area contributed by atoms with Crippen LogP contribution in [0.1, 0.15) is 56.7 Å². The highest BCUT2D eigenvalue weighted by Gasteiger charge is 2.40. The molecule has 0 radical (unpaired) electrons. The van der Waals surface area contributed by atoms with Gasteiger partial charge in [-0.2, -0.15) is 0 Å². The molecule has 4 nitrogen and oxygen atoms in total. The van der Waals surface area contributed by atoms with Crippen LogP contribution in [-0.4, -0.2) is 28.7 Å². The molecule has 1 aromatic rings. The lowest BCUT2D eigenvalue weighted by Crippen LogP contribution is -2.38. The number of hydrogen-bond donors (Lipinski definition) is 1. The molecule has 1 aliphatic heterocycles. The summed E-state index contributed by atoms with van der Waals surface area (Å²) in [5.41, 5.74) is 7.53. The van der Waals surface area contributed by atoms with Crippen molar-refractivity contribution in [1.82, 2.24) is 9.55 Å². The lowest BCUT2D eigenvalue weighted by molar-refractivity contribution is 0.260. The lowest BCUT2D eigenvalue weighted by atomic mass is 9.78. The Balaban J connectivity index is 1.59. The van der Waals surface area contributed by atoms with E-state index in [4.69, 9.17) is 10.7 Å². The molecular weight excluding hydrogens is 260 g/mol. The van der Waals surface area contributed by atoms with Crippen LogP contribution in [0.4, 0.5) is 5.95 Å². The van der Waals surface area contributed by atoms with Crippen LogP contribution in [0.15, 0.2) is 6.20 Å². The van der Waals surface area contributed by atoms with Crippen molar-refractivity contribution in [3.63, 3.8) is 0 Å². The van der Waals surface area contributed by atoms with Gasteiger partial charge in [0.1, 0.15) is 0 Å². The van der Waals surface area contributed by atoms with Crippen LogP contribution in [0.3, 0.4) is 0 Å². The summed E-state index contributed by atoms with van der Waals surface area (Å²) in [4.78, 5) is 7.40. The first kappa shape index (κ1) is 13.6. The Morgan fingerprint density at radius 2 is 1.90 bits per heavy atom. The summed E-state index contributed by atoms with van der Waals surface area (Å²) < 4.78 is 2.48. The van der Waals surface area contributed by atoms with E-state index in [0.29, 0.717) is 18.0 Å². The van der Waals surface area contributed by atoms with Gasteiger partial charge in [0.15, 0.2) is 0 Å². The van der Waals surface area contributed by atoms with Crippen molar-refractivity contribution in [3.8, 4) is 0 Å². The highest BCUT2D eigenvalue weighted by molar-refractivity contribution is 5.37. The van der Waals surface area contributed by atoms with E-state index in [-0.39, 0.29) is 0 Å². The Kier molecular flexibility index (Phi) is 3.44. The fraction of sp³-hybridized carbons (Fsp3) is 0.824. The van der Waals surface area contributed by atoms with Gasteiger partial charge in [0, 0.05) is 31.4 Å². The Hall–Kier alpha value is -1.03. The van der Waals surface area contributed by atoms with Gasteiger partial charge in [-0.1, -0.05) is 19.3 Å². The van der Waals surface area contributed by atoms with Gasteiger partial charge in [-0.25, -0.2) is 4.98 Å². The van der Waals surface area contributed by atoms with Crippen molar-refractivity contribution in [2.45, 2.75) is 64.0 Å². The largest absolute Gasteiger partial charge is 0.342 e. The normalized spacial score (nSPS) is 33.6. The highest BCUT2D eigenvalue weighted by Crippen LogP contribution is 2.39. The molecule has 4 heteroatoms. The third-order valence-electron chi connectivity index (χ3n) is 5.99. The van der Waals surface area contributed by atoms with Crippen LogP contribution in [0.5, 0.6) is 0 Å². The van der Waals surface area contributed by atoms with E-state index >= 15 is 0 Å². The molecule has 3 fully saturated rings. The molecule has 0 aromatic carbocycles. The Labute approximate surface area is 127 Å². The molecule has 2 heterocycles. The first-order valence-electron chi connectivity index (χ1n) is 8.78. The van der Waals surface area contributed by atoms with Crippen molar-refractivity contribution >= 4 is 5.95 Å². The molecule has 2 N–H and O–H groups in total. The smallest absolute Gasteiger partial charge is 0.205 e. The second-order valence-electron chi connectivity index (χ2n) is 7.45. The molecular formula is C17H28N4. The van der Waals surface area contributed by atoms with Gasteiger partial charge in [0.25, 0.3) is 0 Å². The Morgan fingerprint density at radius 3 is 2.67 bits per heavy atom. The fourth-order valence-corrected chi connectivity index (χ4v) is 4.87. The van der Waals surface area contributed by atoms with Crippen LogP contribution in [0, 0.1) is 18.8 Å². The third-order valence-corrected chi connectivity index (χ3v) is 5.99. The standard InChI is InChI=1S/C17H28N4/c1-12-9-21(14-6-2-3-7-14)17(19-12)20-10-13-5-4-8-16(18)15(13)11-20/h9,13-16H,2-8,10-11,18H2,1H3. The predicted molar refractivity (Wildman–Crippen MR) is 85.5 cm³/mol. The molecule has 0 spiro atoms. The molecule has 4 rings (SSSR count). The highest BCUT2D eigenvalue weighted by atomic mass is 15.3. The summed E-state index contributed by atoms with van der Waals surface area (Å²) >= 11 is 0. The van der Waals surface area contributed by atoms with E-state index in [1.165, 1.54) is 57.4 Å². The van der Waals surface area contributed by atoms with Crippen molar-refractivity contribution in [2.24, 2.45) is 17.6 Å². The van der Waals surface area contributed by atoms with Crippen molar-refractivity contribution < 1.29 is 0 Å². The Morgan fingerprint density at radius 1 is 1.10 bits per heavy atom. The summed E-state index contributed by atoms with van der Waals surface area (Å²) in [5, 5.41) is 0. The second-order valence-corrected chi connectivity index (χ2v) is 7.45. The number of rotatable bonds is 2. The van der Waals surface area contributed by atoms with Crippen molar-refractivity contribution in [1.29, 1.82) is 0 Å². The number of nitrogens with two attached hydrogens (primary N) is 1. The van der Waals surface area contributed by atoms with E-state index in [1.807, 2.05) is 0 Å². The number of imidazole rings is 1. The summed E-state index contributed by atoms with van der Waals surface area (Å²) in [6, 6.07) is 1.09. The van der Waals surface area contributed by atoms with Crippen molar-refractivity contribution in [3.05, 3.63) is 11.9 Å². The van der Waals surface area contributed by atoms with Gasteiger partial charge < -0.3 is 15.2 Å². The lowest BCUT2D eigenvalue weighted by Gasteiger charge is -2.29. The van der Waals surface area contributed by atoms with E-state index in [1.54, 1.807) is 0 Å². The minimum absolute atomic E-state index is 0.407. The quantitative estimate of drug-likeness (QED) is 0.910. The van der Waals surface area contributed by atoms with E-state index < -0.39 is 0 Å². The molecule has 3 aliphatic rings. The van der Waals surface area contributed by atoms with Gasteiger partial charge in [-0.3, -0.25) is 0 Å². The van der Waals surface area contributed by atoms with Gasteiger partial charge >= 0.3 is 0 Å². The van der Waals surface area contributed by atoms with Gasteiger partial charge in [0.2, 0.25) is 5.95 Å². The molecule has 2 aliphatic carbocycles. The monoisotopic (exact) mass is 288 g/mol. The number of anilines is 1. The summed E-state index contributed by atoms with van der Waals surface area (Å²) in [5.74, 6) is 2.71. The minimum Gasteiger partial charge on any atom is -0.342 e. The zero-order valence-corrected chi connectivity index (χ0v) is 13.2. The summed E-state index contributed by atoms with van der Waals surface area (Å²) in [6.07, 6.45) is 11.5. The molecule has 21 heavy (non-hydrogen) atoms. The van der Waals surface area contributed by atoms with E-state index in [0.717, 1.165) is 18.2 Å². The molecule has 0 bridgehead atoms. The maximum atomic E-state index is 6.37. The molecule has 3 atom stereocenters. The minimum atomic E-state index is 0.407. The average molecular weight is 288 g/mol. The second kappa shape index (κ2) is 5.31. The van der Waals surface area contributed by atoms with Crippen LogP contribution in [0.25, 0.3) is 0 Å². The number of aromatic nitrogens is 2. The van der Waals surface area contributed by atoms with Gasteiger partial charge in [-0.15, -0.1) is 0 Å². The number of hydrogen-bond acceptors (Lipinski definition) is 3. The predicted octanol–water partition coefficient (Wildman–Crippen LogP) is 2.87. The average Bonchev–Trinajstić information content (AvgIpc) is 3.16. The molecule has 0 amide bonds. The molecule has 2 saturated carbocycles. The fourth-order valence-electron chi connectivity index (χ4n) is 4.87. The van der Waals surface area contributed by atoms with E-state index in [2.05, 4.69) is 22.6 Å². The third kappa shape index (κ3) is 2.37. The first-order chi connectivity index (χ1) is 10.2. The first-order valence-corrected chi connectivity index (χ1v) is 8.78. The topological polar surface area (TPSA) is 47.1 Å². The molecule has 1 saturated heterocycles. The van der Waals surface area contributed by atoms with Gasteiger partial charge in [0.05, 0.1) is 5.69 Å². The maximum Gasteiger partial charge on any atom is 0.205 e. The van der Waals surface area contributed by atoms with Crippen molar-refractivity contribution in [2.75, 3.05) is 18.0 Å². The SMILES string of the molecule is Cc1cn(C2CCCC2)c(N2CC3CCCC(N)C3C2)n1. The molecule has 116 valence electrons. The van der Waals surface area contributed by atoms with E-state index in [9.17, 15) is 0 Å². The molecule has 1 aromatic heterocycles. The van der Waals surface area contributed by atoms with Crippen LogP contribution < -0.4 is 10.6 Å².